The second kappa shape index (κ2) is 5.56. The molecule has 2 heterocycles. The largest absolute Gasteiger partial charge is 0.368 e. The van der Waals surface area contributed by atoms with Gasteiger partial charge in [-0.05, 0) is 50.5 Å². The van der Waals surface area contributed by atoms with Crippen molar-refractivity contribution >= 4 is 0 Å². The average Bonchev–Trinajstić information content (AvgIpc) is 2.88. The first-order valence-electron chi connectivity index (χ1n) is 7.48. The fourth-order valence-corrected chi connectivity index (χ4v) is 2.85. The molecule has 0 radical (unpaired) electrons. The zero-order valence-electron chi connectivity index (χ0n) is 12.6. The third-order valence-electron chi connectivity index (χ3n) is 3.75. The third kappa shape index (κ3) is 2.58. The van der Waals surface area contributed by atoms with Crippen molar-refractivity contribution in [1.82, 2.24) is 14.8 Å². The summed E-state index contributed by atoms with van der Waals surface area (Å²) < 4.78 is 21.4. The number of benzene rings is 1. The highest BCUT2D eigenvalue weighted by Gasteiger charge is 2.26. The van der Waals surface area contributed by atoms with E-state index in [9.17, 15) is 4.39 Å². The molecule has 112 valence electrons. The van der Waals surface area contributed by atoms with Crippen LogP contribution in [0.1, 0.15) is 50.5 Å². The summed E-state index contributed by atoms with van der Waals surface area (Å²) in [5.41, 5.74) is 1.98. The molecule has 0 spiro atoms. The maximum absolute atomic E-state index is 13.4. The fourth-order valence-electron chi connectivity index (χ4n) is 2.85. The van der Waals surface area contributed by atoms with Crippen molar-refractivity contribution in [1.29, 1.82) is 0 Å². The van der Waals surface area contributed by atoms with Gasteiger partial charge in [-0.3, -0.25) is 4.57 Å². The van der Waals surface area contributed by atoms with Crippen LogP contribution >= 0.6 is 0 Å². The monoisotopic (exact) mass is 289 g/mol. The highest BCUT2D eigenvalue weighted by Crippen LogP contribution is 2.30. The molecule has 1 atom stereocenters. The lowest BCUT2D eigenvalue weighted by molar-refractivity contribution is -0.00162. The highest BCUT2D eigenvalue weighted by molar-refractivity contribution is 5.46. The Kier molecular flexibility index (Phi) is 3.76. The van der Waals surface area contributed by atoms with E-state index >= 15 is 0 Å². The molecule has 0 fully saturated rings. The van der Waals surface area contributed by atoms with Crippen LogP contribution in [0.25, 0.3) is 5.69 Å². The van der Waals surface area contributed by atoms with E-state index in [2.05, 4.69) is 17.1 Å². The summed E-state index contributed by atoms with van der Waals surface area (Å²) in [5, 5.41) is 8.63. The number of hydrogen-bond acceptors (Lipinski definition) is 3. The van der Waals surface area contributed by atoms with Crippen LogP contribution in [0.15, 0.2) is 18.2 Å². The van der Waals surface area contributed by atoms with Gasteiger partial charge in [0.2, 0.25) is 0 Å². The Bertz CT molecular complexity index is 651. The van der Waals surface area contributed by atoms with Crippen molar-refractivity contribution in [3.05, 3.63) is 41.2 Å². The van der Waals surface area contributed by atoms with Crippen LogP contribution < -0.4 is 0 Å². The molecular formula is C16H20FN3O. The van der Waals surface area contributed by atoms with Crippen molar-refractivity contribution in [2.24, 2.45) is 0 Å². The number of halogens is 1. The minimum Gasteiger partial charge on any atom is -0.368 e. The molecule has 0 amide bonds. The van der Waals surface area contributed by atoms with E-state index in [1.165, 1.54) is 6.07 Å². The minimum absolute atomic E-state index is 0.0951. The molecule has 0 bridgehead atoms. The summed E-state index contributed by atoms with van der Waals surface area (Å²) in [6.45, 7) is 6.10. The van der Waals surface area contributed by atoms with Gasteiger partial charge in [-0.25, -0.2) is 4.39 Å². The molecule has 5 heteroatoms. The molecule has 4 nitrogen and oxygen atoms in total. The quantitative estimate of drug-likeness (QED) is 0.866. The van der Waals surface area contributed by atoms with Crippen molar-refractivity contribution in [3.8, 4) is 5.69 Å². The van der Waals surface area contributed by atoms with E-state index < -0.39 is 0 Å². The maximum Gasteiger partial charge on any atom is 0.166 e. The smallest absolute Gasteiger partial charge is 0.166 e. The van der Waals surface area contributed by atoms with E-state index in [-0.39, 0.29) is 18.0 Å². The van der Waals surface area contributed by atoms with E-state index in [0.717, 1.165) is 42.2 Å². The van der Waals surface area contributed by atoms with E-state index in [0.29, 0.717) is 0 Å². The molecule has 0 aliphatic carbocycles. The molecule has 1 aliphatic heterocycles. The lowest BCUT2D eigenvalue weighted by Crippen LogP contribution is -2.19. The van der Waals surface area contributed by atoms with Gasteiger partial charge < -0.3 is 4.74 Å². The van der Waals surface area contributed by atoms with Gasteiger partial charge in [0, 0.05) is 6.42 Å². The zero-order valence-corrected chi connectivity index (χ0v) is 12.6. The summed E-state index contributed by atoms with van der Waals surface area (Å²) in [6.07, 6.45) is 2.43. The van der Waals surface area contributed by atoms with Crippen molar-refractivity contribution < 1.29 is 9.13 Å². The molecule has 1 unspecified atom stereocenters. The Balaban J connectivity index is 2.07. The molecule has 0 N–H and O–H groups in total. The first-order chi connectivity index (χ1) is 10.1. The molecule has 0 saturated heterocycles. The molecule has 1 aromatic carbocycles. The lowest BCUT2D eigenvalue weighted by Gasteiger charge is -2.23. The Labute approximate surface area is 124 Å². The molecule has 0 saturated carbocycles. The fraction of sp³-hybridized carbons (Fsp3) is 0.500. The van der Waals surface area contributed by atoms with Gasteiger partial charge in [0.25, 0.3) is 0 Å². The average molecular weight is 289 g/mol. The summed E-state index contributed by atoms with van der Waals surface area (Å²) in [6, 6.07) is 4.90. The lowest BCUT2D eigenvalue weighted by atomic mass is 10.0. The topological polar surface area (TPSA) is 39.9 Å². The summed E-state index contributed by atoms with van der Waals surface area (Å²) in [4.78, 5) is 0. The molecular weight excluding hydrogens is 269 g/mol. The standard InChI is InChI=1S/C16H20FN3O/c1-4-14(21-10(2)3)16-19-18-15-8-5-11-9-12(17)6-7-13(11)20(15)16/h6-7,9-10,14H,4-5,8H2,1-3H3. The number of nitrogens with zero attached hydrogens (tertiary/aromatic N) is 3. The predicted octanol–water partition coefficient (Wildman–Crippen LogP) is 3.38. The SMILES string of the molecule is CCC(OC(C)C)c1nnc2n1-c1ccc(F)cc1CC2. The van der Waals surface area contributed by atoms with Gasteiger partial charge in [0.05, 0.1) is 11.8 Å². The third-order valence-corrected chi connectivity index (χ3v) is 3.75. The van der Waals surface area contributed by atoms with Gasteiger partial charge in [-0.2, -0.15) is 0 Å². The molecule has 21 heavy (non-hydrogen) atoms. The number of aromatic nitrogens is 3. The van der Waals surface area contributed by atoms with E-state index in [1.54, 1.807) is 6.07 Å². The minimum atomic E-state index is -0.197. The first-order valence-corrected chi connectivity index (χ1v) is 7.48. The van der Waals surface area contributed by atoms with Crippen molar-refractivity contribution in [3.63, 3.8) is 0 Å². The highest BCUT2D eigenvalue weighted by atomic mass is 19.1. The molecule has 1 aliphatic rings. The van der Waals surface area contributed by atoms with Gasteiger partial charge >= 0.3 is 0 Å². The van der Waals surface area contributed by atoms with Crippen LogP contribution in [0.2, 0.25) is 0 Å². The van der Waals surface area contributed by atoms with Crippen LogP contribution in [-0.2, 0) is 17.6 Å². The zero-order chi connectivity index (χ0) is 15.0. The maximum atomic E-state index is 13.4. The van der Waals surface area contributed by atoms with Crippen molar-refractivity contribution in [2.75, 3.05) is 0 Å². The second-order valence-electron chi connectivity index (χ2n) is 5.66. The Morgan fingerprint density at radius 2 is 2.10 bits per heavy atom. The number of rotatable bonds is 4. The summed E-state index contributed by atoms with van der Waals surface area (Å²) in [7, 11) is 0. The number of aryl methyl sites for hydroxylation is 2. The van der Waals surface area contributed by atoms with Gasteiger partial charge in [0.15, 0.2) is 5.82 Å². The van der Waals surface area contributed by atoms with Crippen LogP contribution in [0.4, 0.5) is 4.39 Å². The Morgan fingerprint density at radius 1 is 1.29 bits per heavy atom. The number of ether oxygens (including phenoxy) is 1. The Morgan fingerprint density at radius 3 is 2.81 bits per heavy atom. The van der Waals surface area contributed by atoms with Crippen LogP contribution in [0.5, 0.6) is 0 Å². The normalized spacial score (nSPS) is 14.9. The molecule has 2 aromatic rings. The molecule has 1 aromatic heterocycles. The second-order valence-corrected chi connectivity index (χ2v) is 5.66. The van der Waals surface area contributed by atoms with Crippen LogP contribution in [-0.4, -0.2) is 20.9 Å². The van der Waals surface area contributed by atoms with Gasteiger partial charge in [0.1, 0.15) is 17.7 Å². The summed E-state index contributed by atoms with van der Waals surface area (Å²) >= 11 is 0. The predicted molar refractivity (Wildman–Crippen MR) is 78.0 cm³/mol. The van der Waals surface area contributed by atoms with Gasteiger partial charge in [-0.1, -0.05) is 6.92 Å². The number of hydrogen-bond donors (Lipinski definition) is 0. The molecule has 3 rings (SSSR count). The first kappa shape index (κ1) is 14.2. The van der Waals surface area contributed by atoms with E-state index in [4.69, 9.17) is 4.74 Å². The van der Waals surface area contributed by atoms with Crippen LogP contribution in [0.3, 0.4) is 0 Å². The van der Waals surface area contributed by atoms with E-state index in [1.807, 2.05) is 24.5 Å². The van der Waals surface area contributed by atoms with Crippen LogP contribution in [0, 0.1) is 5.82 Å². The number of fused-ring (bicyclic) bond motifs is 3. The Hall–Kier alpha value is -1.75. The summed E-state index contributed by atoms with van der Waals surface area (Å²) in [5.74, 6) is 1.54. The van der Waals surface area contributed by atoms with Gasteiger partial charge in [-0.15, -0.1) is 10.2 Å². The van der Waals surface area contributed by atoms with Crippen molar-refractivity contribution in [2.45, 2.75) is 52.2 Å².